The van der Waals surface area contributed by atoms with E-state index in [0.717, 1.165) is 0 Å². The van der Waals surface area contributed by atoms with Crippen LogP contribution >= 0.6 is 0 Å². The van der Waals surface area contributed by atoms with E-state index in [0.29, 0.717) is 36.9 Å². The van der Waals surface area contributed by atoms with Crippen LogP contribution < -0.4 is 16.0 Å². The molecule has 0 unspecified atom stereocenters. The molecule has 3 amide bonds. The highest BCUT2D eigenvalue weighted by Crippen LogP contribution is 2.24. The third-order valence-electron chi connectivity index (χ3n) is 4.02. The molecule has 1 saturated carbocycles. The maximum absolute atomic E-state index is 12.0. The third kappa shape index (κ3) is 4.70. The van der Waals surface area contributed by atoms with E-state index in [4.69, 9.17) is 5.11 Å². The van der Waals surface area contributed by atoms with Gasteiger partial charge in [0.1, 0.15) is 0 Å². The van der Waals surface area contributed by atoms with Gasteiger partial charge in [0.2, 0.25) is 0 Å². The van der Waals surface area contributed by atoms with E-state index in [1.807, 2.05) is 0 Å². The highest BCUT2D eigenvalue weighted by molar-refractivity contribution is 5.96. The molecule has 0 bridgehead atoms. The van der Waals surface area contributed by atoms with Crippen molar-refractivity contribution in [2.75, 3.05) is 12.4 Å². The summed E-state index contributed by atoms with van der Waals surface area (Å²) in [6.07, 6.45) is 2.46. The number of carboxylic acids is 1. The van der Waals surface area contributed by atoms with Crippen molar-refractivity contribution < 1.29 is 19.5 Å². The van der Waals surface area contributed by atoms with Gasteiger partial charge in [-0.25, -0.2) is 4.79 Å². The smallest absolute Gasteiger partial charge is 0.319 e. The van der Waals surface area contributed by atoms with E-state index < -0.39 is 5.97 Å². The third-order valence-corrected chi connectivity index (χ3v) is 4.02. The number of hydrogen-bond donors (Lipinski definition) is 4. The Morgan fingerprint density at radius 2 is 1.83 bits per heavy atom. The van der Waals surface area contributed by atoms with Crippen molar-refractivity contribution in [2.24, 2.45) is 5.92 Å². The first-order chi connectivity index (χ1) is 11.0. The molecule has 7 heteroatoms. The summed E-state index contributed by atoms with van der Waals surface area (Å²) in [5, 5.41) is 17.0. The SMILES string of the molecule is CNC(=O)c1cccc(NC(=O)NC2CCC(C(=O)O)CC2)c1. The molecule has 0 heterocycles. The van der Waals surface area contributed by atoms with Crippen molar-refractivity contribution in [3.05, 3.63) is 29.8 Å². The second kappa shape index (κ2) is 7.62. The lowest BCUT2D eigenvalue weighted by Gasteiger charge is -2.26. The van der Waals surface area contributed by atoms with Crippen LogP contribution in [-0.4, -0.2) is 36.1 Å². The van der Waals surface area contributed by atoms with Crippen molar-refractivity contribution >= 4 is 23.6 Å². The first-order valence-corrected chi connectivity index (χ1v) is 7.62. The topological polar surface area (TPSA) is 108 Å². The molecule has 0 saturated heterocycles. The lowest BCUT2D eigenvalue weighted by molar-refractivity contribution is -0.142. The second-order valence-corrected chi connectivity index (χ2v) is 5.65. The number of carbonyl (C=O) groups excluding carboxylic acids is 2. The molecule has 0 radical (unpaired) electrons. The average Bonchev–Trinajstić information content (AvgIpc) is 2.54. The molecular weight excluding hydrogens is 298 g/mol. The molecular formula is C16H21N3O4. The highest BCUT2D eigenvalue weighted by Gasteiger charge is 2.26. The van der Waals surface area contributed by atoms with E-state index in [2.05, 4.69) is 16.0 Å². The summed E-state index contributed by atoms with van der Waals surface area (Å²) in [5.74, 6) is -1.29. The number of rotatable bonds is 4. The van der Waals surface area contributed by atoms with Gasteiger partial charge in [-0.05, 0) is 43.9 Å². The lowest BCUT2D eigenvalue weighted by atomic mass is 9.86. The molecule has 4 N–H and O–H groups in total. The Kier molecular flexibility index (Phi) is 5.56. The van der Waals surface area contributed by atoms with Gasteiger partial charge in [-0.2, -0.15) is 0 Å². The molecule has 2 rings (SSSR count). The lowest BCUT2D eigenvalue weighted by Crippen LogP contribution is -2.41. The van der Waals surface area contributed by atoms with Crippen LogP contribution in [0.5, 0.6) is 0 Å². The second-order valence-electron chi connectivity index (χ2n) is 5.65. The first kappa shape index (κ1) is 16.8. The molecule has 1 aromatic carbocycles. The zero-order chi connectivity index (χ0) is 16.8. The van der Waals surface area contributed by atoms with Crippen molar-refractivity contribution in [3.63, 3.8) is 0 Å². The van der Waals surface area contributed by atoms with Crippen LogP contribution in [0.3, 0.4) is 0 Å². The molecule has 0 spiro atoms. The standard InChI is InChI=1S/C16H21N3O4/c1-17-14(20)11-3-2-4-13(9-11)19-16(23)18-12-7-5-10(6-8-12)15(21)22/h2-4,9-10,12H,5-8H2,1H3,(H,17,20)(H,21,22)(H2,18,19,23). The Bertz CT molecular complexity index is 595. The molecule has 0 atom stereocenters. The summed E-state index contributed by atoms with van der Waals surface area (Å²) in [5.41, 5.74) is 0.995. The monoisotopic (exact) mass is 319 g/mol. The minimum atomic E-state index is -0.765. The molecule has 1 aliphatic carbocycles. The Morgan fingerprint density at radius 1 is 1.13 bits per heavy atom. The fourth-order valence-corrected chi connectivity index (χ4v) is 2.72. The van der Waals surface area contributed by atoms with Crippen LogP contribution in [0.4, 0.5) is 10.5 Å². The van der Waals surface area contributed by atoms with E-state index >= 15 is 0 Å². The van der Waals surface area contributed by atoms with Gasteiger partial charge in [0.25, 0.3) is 5.91 Å². The van der Waals surface area contributed by atoms with Crippen LogP contribution in [0.1, 0.15) is 36.0 Å². The number of aliphatic carboxylic acids is 1. The van der Waals surface area contributed by atoms with E-state index in [9.17, 15) is 14.4 Å². The van der Waals surface area contributed by atoms with Crippen molar-refractivity contribution in [1.29, 1.82) is 0 Å². The average molecular weight is 319 g/mol. The zero-order valence-electron chi connectivity index (χ0n) is 13.0. The molecule has 1 fully saturated rings. The van der Waals surface area contributed by atoms with Gasteiger partial charge in [0.15, 0.2) is 0 Å². The number of carboxylic acid groups (broad SMARTS) is 1. The number of benzene rings is 1. The van der Waals surface area contributed by atoms with Crippen LogP contribution in [-0.2, 0) is 4.79 Å². The fourth-order valence-electron chi connectivity index (χ4n) is 2.72. The summed E-state index contributed by atoms with van der Waals surface area (Å²) < 4.78 is 0. The van der Waals surface area contributed by atoms with Gasteiger partial charge in [-0.3, -0.25) is 9.59 Å². The summed E-state index contributed by atoms with van der Waals surface area (Å²) >= 11 is 0. The number of urea groups is 1. The normalized spacial score (nSPS) is 20.4. The van der Waals surface area contributed by atoms with Crippen molar-refractivity contribution in [3.8, 4) is 0 Å². The number of anilines is 1. The summed E-state index contributed by atoms with van der Waals surface area (Å²) in [7, 11) is 1.54. The molecule has 23 heavy (non-hydrogen) atoms. The Hall–Kier alpha value is -2.57. The maximum atomic E-state index is 12.0. The predicted octanol–water partition coefficient (Wildman–Crippen LogP) is 1.81. The Labute approximate surface area is 134 Å². The van der Waals surface area contributed by atoms with Gasteiger partial charge >= 0.3 is 12.0 Å². The molecule has 0 aromatic heterocycles. The quantitative estimate of drug-likeness (QED) is 0.679. The fraction of sp³-hybridized carbons (Fsp3) is 0.438. The van der Waals surface area contributed by atoms with Crippen LogP contribution in [0, 0.1) is 5.92 Å². The zero-order valence-corrected chi connectivity index (χ0v) is 13.0. The number of nitrogens with one attached hydrogen (secondary N) is 3. The van der Waals surface area contributed by atoms with Gasteiger partial charge < -0.3 is 21.1 Å². The van der Waals surface area contributed by atoms with Crippen LogP contribution in [0.15, 0.2) is 24.3 Å². The first-order valence-electron chi connectivity index (χ1n) is 7.62. The van der Waals surface area contributed by atoms with E-state index in [1.165, 1.54) is 0 Å². The highest BCUT2D eigenvalue weighted by atomic mass is 16.4. The van der Waals surface area contributed by atoms with Crippen molar-refractivity contribution in [2.45, 2.75) is 31.7 Å². The summed E-state index contributed by atoms with van der Waals surface area (Å²) in [4.78, 5) is 34.5. The number of amides is 3. The minimum Gasteiger partial charge on any atom is -0.481 e. The number of carbonyl (C=O) groups is 3. The van der Waals surface area contributed by atoms with Gasteiger partial charge in [0.05, 0.1) is 5.92 Å². The number of hydrogen-bond acceptors (Lipinski definition) is 3. The predicted molar refractivity (Wildman–Crippen MR) is 85.4 cm³/mol. The van der Waals surface area contributed by atoms with Crippen molar-refractivity contribution in [1.82, 2.24) is 10.6 Å². The molecule has 0 aliphatic heterocycles. The van der Waals surface area contributed by atoms with Gasteiger partial charge in [0, 0.05) is 24.3 Å². The van der Waals surface area contributed by atoms with Gasteiger partial charge in [-0.1, -0.05) is 6.07 Å². The minimum absolute atomic E-state index is 0.0206. The van der Waals surface area contributed by atoms with E-state index in [1.54, 1.807) is 31.3 Å². The summed E-state index contributed by atoms with van der Waals surface area (Å²) in [6.45, 7) is 0. The van der Waals surface area contributed by atoms with E-state index in [-0.39, 0.29) is 23.9 Å². The maximum Gasteiger partial charge on any atom is 0.319 e. The largest absolute Gasteiger partial charge is 0.481 e. The van der Waals surface area contributed by atoms with Crippen LogP contribution in [0.25, 0.3) is 0 Å². The van der Waals surface area contributed by atoms with Gasteiger partial charge in [-0.15, -0.1) is 0 Å². The molecule has 1 aromatic rings. The molecule has 7 nitrogen and oxygen atoms in total. The van der Waals surface area contributed by atoms with Crippen LogP contribution in [0.2, 0.25) is 0 Å². The molecule has 124 valence electrons. The molecule has 1 aliphatic rings. The Balaban J connectivity index is 1.86. The Morgan fingerprint density at radius 3 is 2.43 bits per heavy atom. The summed E-state index contributed by atoms with van der Waals surface area (Å²) in [6, 6.07) is 6.28.